The Bertz CT molecular complexity index is 1170. The maximum absolute atomic E-state index is 13.1. The topological polar surface area (TPSA) is 76.3 Å². The van der Waals surface area contributed by atoms with E-state index in [1.165, 1.54) is 22.0 Å². The van der Waals surface area contributed by atoms with Crippen LogP contribution in [0.4, 0.5) is 0 Å². The Kier molecular flexibility index (Phi) is 5.52. The molecule has 1 aromatic carbocycles. The van der Waals surface area contributed by atoms with Crippen molar-refractivity contribution in [2.75, 3.05) is 0 Å². The second kappa shape index (κ2) is 8.08. The van der Waals surface area contributed by atoms with Crippen LogP contribution in [0.2, 0.25) is 5.02 Å². The zero-order chi connectivity index (χ0) is 20.5. The van der Waals surface area contributed by atoms with E-state index in [-0.39, 0.29) is 11.5 Å². The van der Waals surface area contributed by atoms with Gasteiger partial charge in [-0.25, -0.2) is 10.4 Å². The summed E-state index contributed by atoms with van der Waals surface area (Å²) >= 11 is 7.54. The molecule has 0 aliphatic heterocycles. The molecule has 2 heterocycles. The number of hydrazone groups is 1. The molecule has 0 spiro atoms. The molecule has 1 aliphatic rings. The maximum atomic E-state index is 13.1. The molecule has 6 nitrogen and oxygen atoms in total. The van der Waals surface area contributed by atoms with Crippen LogP contribution >= 0.6 is 22.9 Å². The Labute approximate surface area is 177 Å². The molecule has 3 aromatic rings. The van der Waals surface area contributed by atoms with Crippen LogP contribution in [0.15, 0.2) is 40.5 Å². The van der Waals surface area contributed by atoms with E-state index in [0.717, 1.165) is 35.2 Å². The third kappa shape index (κ3) is 3.97. The lowest BCUT2D eigenvalue weighted by molar-refractivity contribution is -0.123. The van der Waals surface area contributed by atoms with E-state index < -0.39 is 6.04 Å². The summed E-state index contributed by atoms with van der Waals surface area (Å²) in [6.45, 7) is 3.90. The van der Waals surface area contributed by atoms with Crippen molar-refractivity contribution in [3.05, 3.63) is 62.0 Å². The minimum Gasteiger partial charge on any atom is -0.286 e. The van der Waals surface area contributed by atoms with Gasteiger partial charge in [0.1, 0.15) is 10.9 Å². The van der Waals surface area contributed by atoms with Crippen molar-refractivity contribution in [3.8, 4) is 0 Å². The Hall–Kier alpha value is -2.51. The minimum atomic E-state index is -0.728. The predicted molar refractivity (Wildman–Crippen MR) is 117 cm³/mol. The molecule has 0 bridgehead atoms. The number of thiophene rings is 1. The van der Waals surface area contributed by atoms with Gasteiger partial charge in [-0.05, 0) is 55.4 Å². The summed E-state index contributed by atoms with van der Waals surface area (Å²) in [6.07, 6.45) is 5.92. The molecular formula is C21H21ClN4O2S. The molecule has 8 heteroatoms. The Morgan fingerprint density at radius 1 is 1.48 bits per heavy atom. The molecule has 2 unspecified atom stereocenters. The van der Waals surface area contributed by atoms with Crippen molar-refractivity contribution in [2.24, 2.45) is 11.0 Å². The Morgan fingerprint density at radius 3 is 3.10 bits per heavy atom. The fraction of sp³-hybridized carbons (Fsp3) is 0.333. The lowest BCUT2D eigenvalue weighted by Gasteiger charge is -2.18. The number of hydrogen-bond acceptors (Lipinski definition) is 5. The van der Waals surface area contributed by atoms with Gasteiger partial charge in [0.05, 0.1) is 17.9 Å². The molecule has 4 rings (SSSR count). The highest BCUT2D eigenvalue weighted by Crippen LogP contribution is 2.35. The van der Waals surface area contributed by atoms with Gasteiger partial charge in [-0.3, -0.25) is 14.2 Å². The first-order valence-corrected chi connectivity index (χ1v) is 10.7. The SMILES string of the molecule is CC1CCc2c(sc3ncn(C(C)C(=O)N/N=C\c4cccc(Cl)c4)c(=O)c23)C1. The van der Waals surface area contributed by atoms with Crippen molar-refractivity contribution >= 4 is 45.3 Å². The van der Waals surface area contributed by atoms with Crippen molar-refractivity contribution in [1.82, 2.24) is 15.0 Å². The first kappa shape index (κ1) is 19.8. The lowest BCUT2D eigenvalue weighted by Crippen LogP contribution is -2.34. The van der Waals surface area contributed by atoms with Crippen LogP contribution < -0.4 is 11.0 Å². The van der Waals surface area contributed by atoms with Crippen LogP contribution in [0, 0.1) is 5.92 Å². The highest BCUT2D eigenvalue weighted by Gasteiger charge is 2.25. The van der Waals surface area contributed by atoms with E-state index in [2.05, 4.69) is 22.4 Å². The van der Waals surface area contributed by atoms with E-state index in [9.17, 15) is 9.59 Å². The minimum absolute atomic E-state index is 0.163. The van der Waals surface area contributed by atoms with Crippen LogP contribution in [0.25, 0.3) is 10.2 Å². The molecule has 2 aromatic heterocycles. The quantitative estimate of drug-likeness (QED) is 0.505. The van der Waals surface area contributed by atoms with Crippen molar-refractivity contribution in [3.63, 3.8) is 0 Å². The van der Waals surface area contributed by atoms with Gasteiger partial charge in [0.15, 0.2) is 0 Å². The van der Waals surface area contributed by atoms with Crippen molar-refractivity contribution in [1.29, 1.82) is 0 Å². The predicted octanol–water partition coefficient (Wildman–Crippen LogP) is 3.95. The second-order valence-electron chi connectivity index (χ2n) is 7.45. The van der Waals surface area contributed by atoms with E-state index >= 15 is 0 Å². The molecule has 1 amide bonds. The summed E-state index contributed by atoms with van der Waals surface area (Å²) in [4.78, 5) is 32.1. The maximum Gasteiger partial charge on any atom is 0.263 e. The summed E-state index contributed by atoms with van der Waals surface area (Å²) in [5, 5.41) is 5.23. The largest absolute Gasteiger partial charge is 0.286 e. The molecule has 0 saturated heterocycles. The summed E-state index contributed by atoms with van der Waals surface area (Å²) in [5.74, 6) is 0.240. The number of carbonyl (C=O) groups excluding carboxylic acids is 1. The summed E-state index contributed by atoms with van der Waals surface area (Å²) in [7, 11) is 0. The number of aromatic nitrogens is 2. The summed E-state index contributed by atoms with van der Waals surface area (Å²) < 4.78 is 1.39. The van der Waals surface area contributed by atoms with Gasteiger partial charge in [0.2, 0.25) is 0 Å². The van der Waals surface area contributed by atoms with Crippen LogP contribution in [0.3, 0.4) is 0 Å². The highest BCUT2D eigenvalue weighted by molar-refractivity contribution is 7.18. The molecular weight excluding hydrogens is 408 g/mol. The lowest BCUT2D eigenvalue weighted by atomic mass is 9.89. The number of nitrogens with zero attached hydrogens (tertiary/aromatic N) is 3. The standard InChI is InChI=1S/C21H21ClN4O2S/c1-12-6-7-16-17(8-12)29-20-18(16)21(28)26(11-23-20)13(2)19(27)25-24-10-14-4-3-5-15(22)9-14/h3-5,9-13H,6-8H2,1-2H3,(H,25,27)/b24-10-. The smallest absolute Gasteiger partial charge is 0.263 e. The van der Waals surface area contributed by atoms with Gasteiger partial charge in [-0.1, -0.05) is 30.7 Å². The molecule has 0 fully saturated rings. The van der Waals surface area contributed by atoms with Gasteiger partial charge in [-0.15, -0.1) is 11.3 Å². The fourth-order valence-corrected chi connectivity index (χ4v) is 5.14. The van der Waals surface area contributed by atoms with E-state index in [1.54, 1.807) is 36.5 Å². The third-order valence-corrected chi connectivity index (χ3v) is 6.67. The second-order valence-corrected chi connectivity index (χ2v) is 8.97. The average Bonchev–Trinajstić information content (AvgIpc) is 3.06. The number of halogens is 1. The zero-order valence-electron chi connectivity index (χ0n) is 16.2. The number of hydrogen-bond donors (Lipinski definition) is 1. The molecule has 29 heavy (non-hydrogen) atoms. The van der Waals surface area contributed by atoms with E-state index in [0.29, 0.717) is 16.3 Å². The first-order chi connectivity index (χ1) is 13.9. The molecule has 2 atom stereocenters. The van der Waals surface area contributed by atoms with Crippen LogP contribution in [0.5, 0.6) is 0 Å². The van der Waals surface area contributed by atoms with Crippen molar-refractivity contribution in [2.45, 2.75) is 39.2 Å². The number of nitrogens with one attached hydrogen (secondary N) is 1. The number of rotatable bonds is 4. The summed E-state index contributed by atoms with van der Waals surface area (Å²) in [6, 6.07) is 6.40. The van der Waals surface area contributed by atoms with Gasteiger partial charge >= 0.3 is 0 Å². The molecule has 0 radical (unpaired) electrons. The van der Waals surface area contributed by atoms with E-state index in [4.69, 9.17) is 11.6 Å². The summed E-state index contributed by atoms with van der Waals surface area (Å²) in [5.41, 5.74) is 4.21. The number of aryl methyl sites for hydroxylation is 1. The van der Waals surface area contributed by atoms with Gasteiger partial charge < -0.3 is 0 Å². The zero-order valence-corrected chi connectivity index (χ0v) is 17.8. The number of amides is 1. The van der Waals surface area contributed by atoms with Gasteiger partial charge in [-0.2, -0.15) is 5.10 Å². The third-order valence-electron chi connectivity index (χ3n) is 5.27. The number of fused-ring (bicyclic) bond motifs is 3. The van der Waals surface area contributed by atoms with Crippen LogP contribution in [-0.2, 0) is 17.6 Å². The molecule has 0 saturated carbocycles. The van der Waals surface area contributed by atoms with Gasteiger partial charge in [0.25, 0.3) is 11.5 Å². The average molecular weight is 429 g/mol. The Morgan fingerprint density at radius 2 is 2.31 bits per heavy atom. The van der Waals surface area contributed by atoms with E-state index in [1.807, 2.05) is 6.07 Å². The number of benzene rings is 1. The number of carbonyl (C=O) groups is 1. The Balaban J connectivity index is 1.56. The first-order valence-electron chi connectivity index (χ1n) is 9.54. The molecule has 150 valence electrons. The molecule has 1 aliphatic carbocycles. The van der Waals surface area contributed by atoms with Crippen molar-refractivity contribution < 1.29 is 4.79 Å². The monoisotopic (exact) mass is 428 g/mol. The van der Waals surface area contributed by atoms with Crippen LogP contribution in [-0.4, -0.2) is 21.7 Å². The fourth-order valence-electron chi connectivity index (χ4n) is 3.60. The van der Waals surface area contributed by atoms with Gasteiger partial charge in [0, 0.05) is 9.90 Å². The normalized spacial score (nSPS) is 17.4. The van der Waals surface area contributed by atoms with Crippen LogP contribution in [0.1, 0.15) is 42.3 Å². The molecule has 1 N–H and O–H groups in total. The highest BCUT2D eigenvalue weighted by atomic mass is 35.5.